The van der Waals surface area contributed by atoms with Gasteiger partial charge in [-0.25, -0.2) is 4.79 Å². The topological polar surface area (TPSA) is 63.6 Å². The Balaban J connectivity index is 2.69. The van der Waals surface area contributed by atoms with Gasteiger partial charge in [-0.3, -0.25) is 4.79 Å². The predicted octanol–water partition coefficient (Wildman–Crippen LogP) is 3.08. The molecule has 0 aliphatic rings. The third kappa shape index (κ3) is 5.18. The van der Waals surface area contributed by atoms with E-state index in [1.54, 1.807) is 18.2 Å². The summed E-state index contributed by atoms with van der Waals surface area (Å²) in [4.78, 5) is 21.8. The lowest BCUT2D eigenvalue weighted by atomic mass is 10.1. The number of carbonyl (C=O) groups excluding carboxylic acids is 1. The van der Waals surface area contributed by atoms with Gasteiger partial charge in [0.15, 0.2) is 5.12 Å². The van der Waals surface area contributed by atoms with Gasteiger partial charge in [-0.2, -0.15) is 0 Å². The van der Waals surface area contributed by atoms with Crippen molar-refractivity contribution in [2.45, 2.75) is 13.3 Å². The number of carbonyl (C=O) groups is 2. The van der Waals surface area contributed by atoms with Crippen LogP contribution in [0.4, 0.5) is 0 Å². The molecule has 0 fully saturated rings. The van der Waals surface area contributed by atoms with Gasteiger partial charge in [0.25, 0.3) is 0 Å². The zero-order valence-corrected chi connectivity index (χ0v) is 11.7. The second-order valence-corrected chi connectivity index (χ2v) is 5.07. The largest absolute Gasteiger partial charge is 0.496 e. The van der Waals surface area contributed by atoms with Crippen LogP contribution in [0.15, 0.2) is 24.3 Å². The molecular weight excluding hydrogens is 264 g/mol. The van der Waals surface area contributed by atoms with Gasteiger partial charge in [0, 0.05) is 12.7 Å². The molecule has 102 valence electrons. The maximum atomic E-state index is 11.0. The molecule has 0 aliphatic carbocycles. The van der Waals surface area contributed by atoms with E-state index in [0.29, 0.717) is 5.75 Å². The maximum Gasteiger partial charge on any atom is 0.339 e. The van der Waals surface area contributed by atoms with Crippen LogP contribution in [0.2, 0.25) is 0 Å². The highest BCUT2D eigenvalue weighted by molar-refractivity contribution is 8.13. The Morgan fingerprint density at radius 3 is 2.74 bits per heavy atom. The number of rotatable bonds is 6. The van der Waals surface area contributed by atoms with Crippen molar-refractivity contribution in [1.29, 1.82) is 0 Å². The number of hydrogen-bond donors (Lipinski definition) is 1. The molecule has 1 aromatic carbocycles. The number of hydrogen-bond acceptors (Lipinski definition) is 4. The lowest BCUT2D eigenvalue weighted by molar-refractivity contribution is -0.109. The predicted molar refractivity (Wildman–Crippen MR) is 76.7 cm³/mol. The van der Waals surface area contributed by atoms with Gasteiger partial charge >= 0.3 is 5.97 Å². The molecule has 0 amide bonds. The second-order valence-electron chi connectivity index (χ2n) is 3.80. The molecule has 0 saturated heterocycles. The molecule has 0 aromatic heterocycles. The van der Waals surface area contributed by atoms with Gasteiger partial charge in [-0.1, -0.05) is 30.0 Å². The van der Waals surface area contributed by atoms with E-state index >= 15 is 0 Å². The zero-order valence-electron chi connectivity index (χ0n) is 10.9. The van der Waals surface area contributed by atoms with Gasteiger partial charge in [0.2, 0.25) is 0 Å². The Morgan fingerprint density at radius 2 is 2.16 bits per heavy atom. The van der Waals surface area contributed by atoms with E-state index in [4.69, 9.17) is 9.84 Å². The fourth-order valence-corrected chi connectivity index (χ4v) is 2.03. The third-order valence-corrected chi connectivity index (χ3v) is 3.20. The monoisotopic (exact) mass is 280 g/mol. The van der Waals surface area contributed by atoms with E-state index < -0.39 is 5.97 Å². The molecule has 1 rings (SSSR count). The first-order chi connectivity index (χ1) is 9.04. The van der Waals surface area contributed by atoms with Crippen molar-refractivity contribution in [2.24, 2.45) is 0 Å². The Bertz CT molecular complexity index is 494. The summed E-state index contributed by atoms with van der Waals surface area (Å²) in [6.07, 6.45) is 4.52. The fraction of sp³-hybridized carbons (Fsp3) is 0.286. The second kappa shape index (κ2) is 7.63. The minimum absolute atomic E-state index is 0.103. The minimum atomic E-state index is -1.01. The van der Waals surface area contributed by atoms with Crippen molar-refractivity contribution < 1.29 is 19.4 Å². The molecule has 0 radical (unpaired) electrons. The van der Waals surface area contributed by atoms with E-state index in [9.17, 15) is 9.59 Å². The van der Waals surface area contributed by atoms with Crippen LogP contribution in [-0.4, -0.2) is 29.1 Å². The number of carboxylic acids is 1. The van der Waals surface area contributed by atoms with Gasteiger partial charge < -0.3 is 9.84 Å². The van der Waals surface area contributed by atoms with Crippen LogP contribution in [0.25, 0.3) is 6.08 Å². The Morgan fingerprint density at radius 1 is 1.42 bits per heavy atom. The average Bonchev–Trinajstić information content (AvgIpc) is 2.37. The standard InChI is InChI=1S/C14H16O4S/c1-10(15)19-8-4-3-5-11-6-7-13(18-2)12(9-11)14(16)17/h3,5-7,9H,4,8H2,1-2H3,(H,16,17). The number of methoxy groups -OCH3 is 1. The quantitative estimate of drug-likeness (QED) is 0.811. The molecule has 0 atom stereocenters. The number of ether oxygens (including phenoxy) is 1. The molecule has 1 aromatic rings. The molecule has 0 spiro atoms. The van der Waals surface area contributed by atoms with Crippen molar-refractivity contribution >= 4 is 28.9 Å². The molecule has 4 nitrogen and oxygen atoms in total. The fourth-order valence-electron chi connectivity index (χ4n) is 1.49. The normalized spacial score (nSPS) is 10.6. The number of benzene rings is 1. The molecule has 0 unspecified atom stereocenters. The van der Waals surface area contributed by atoms with Gasteiger partial charge in [0.05, 0.1) is 7.11 Å². The zero-order chi connectivity index (χ0) is 14.3. The third-order valence-electron chi connectivity index (χ3n) is 2.35. The summed E-state index contributed by atoms with van der Waals surface area (Å²) in [5, 5.41) is 9.15. The molecule has 5 heteroatoms. The minimum Gasteiger partial charge on any atom is -0.496 e. The summed E-state index contributed by atoms with van der Waals surface area (Å²) in [6.45, 7) is 1.54. The highest BCUT2D eigenvalue weighted by Gasteiger charge is 2.10. The average molecular weight is 280 g/mol. The molecule has 0 bridgehead atoms. The lowest BCUT2D eigenvalue weighted by Gasteiger charge is -2.05. The first-order valence-corrected chi connectivity index (χ1v) is 6.74. The number of thioether (sulfide) groups is 1. The molecule has 1 N–H and O–H groups in total. The van der Waals surface area contributed by atoms with Crippen molar-refractivity contribution in [2.75, 3.05) is 12.9 Å². The van der Waals surface area contributed by atoms with Crippen molar-refractivity contribution in [3.63, 3.8) is 0 Å². The molecule has 0 heterocycles. The van der Waals surface area contributed by atoms with E-state index in [0.717, 1.165) is 17.7 Å². The molecule has 0 aliphatic heterocycles. The SMILES string of the molecule is COc1ccc(C=CCCSC(C)=O)cc1C(=O)O. The van der Waals surface area contributed by atoms with Crippen LogP contribution in [0.5, 0.6) is 5.75 Å². The number of aromatic carboxylic acids is 1. The van der Waals surface area contributed by atoms with Crippen LogP contribution in [0, 0.1) is 0 Å². The molecule has 0 saturated carbocycles. The maximum absolute atomic E-state index is 11.0. The summed E-state index contributed by atoms with van der Waals surface area (Å²) < 4.78 is 4.99. The van der Waals surface area contributed by atoms with Crippen LogP contribution in [0.3, 0.4) is 0 Å². The van der Waals surface area contributed by atoms with Crippen molar-refractivity contribution in [3.8, 4) is 5.75 Å². The number of carboxylic acid groups (broad SMARTS) is 1. The first kappa shape index (κ1) is 15.3. The highest BCUT2D eigenvalue weighted by atomic mass is 32.2. The van der Waals surface area contributed by atoms with Crippen molar-refractivity contribution in [3.05, 3.63) is 35.4 Å². The Kier molecular flexibility index (Phi) is 6.15. The van der Waals surface area contributed by atoms with E-state index in [1.807, 2.05) is 12.2 Å². The Labute approximate surface area is 116 Å². The summed E-state index contributed by atoms with van der Waals surface area (Å²) in [5.41, 5.74) is 0.939. The van der Waals surface area contributed by atoms with Gasteiger partial charge in [0.1, 0.15) is 11.3 Å². The van der Waals surface area contributed by atoms with E-state index in [1.165, 1.54) is 25.8 Å². The first-order valence-electron chi connectivity index (χ1n) is 5.76. The van der Waals surface area contributed by atoms with Gasteiger partial charge in [-0.15, -0.1) is 0 Å². The smallest absolute Gasteiger partial charge is 0.339 e. The molecule has 19 heavy (non-hydrogen) atoms. The molecular formula is C14H16O4S. The van der Waals surface area contributed by atoms with E-state index in [-0.39, 0.29) is 10.7 Å². The summed E-state index contributed by atoms with van der Waals surface area (Å²) in [6, 6.07) is 4.99. The van der Waals surface area contributed by atoms with Crippen LogP contribution in [0.1, 0.15) is 29.3 Å². The van der Waals surface area contributed by atoms with Crippen LogP contribution in [-0.2, 0) is 4.79 Å². The van der Waals surface area contributed by atoms with E-state index in [2.05, 4.69) is 0 Å². The summed E-state index contributed by atoms with van der Waals surface area (Å²) in [7, 11) is 1.44. The summed E-state index contributed by atoms with van der Waals surface area (Å²) in [5.74, 6) is 0.0596. The number of allylic oxidation sites excluding steroid dienone is 1. The Hall–Kier alpha value is -1.75. The lowest BCUT2D eigenvalue weighted by Crippen LogP contribution is -2.00. The summed E-state index contributed by atoms with van der Waals surface area (Å²) >= 11 is 1.28. The van der Waals surface area contributed by atoms with Gasteiger partial charge in [-0.05, 0) is 24.1 Å². The van der Waals surface area contributed by atoms with Crippen molar-refractivity contribution in [1.82, 2.24) is 0 Å². The van der Waals surface area contributed by atoms with Crippen LogP contribution >= 0.6 is 11.8 Å². The highest BCUT2D eigenvalue weighted by Crippen LogP contribution is 2.20. The van der Waals surface area contributed by atoms with Crippen LogP contribution < -0.4 is 4.74 Å².